The third kappa shape index (κ3) is 1.52. The highest BCUT2D eigenvalue weighted by atomic mass is 14.8. The standard InChI is InChI=1S/C10H10N2/c1-3-8-6-5-7-12-10(8)9(11)4-2/h1,4-7,9H,2,11H2/t9-/m0/s1. The molecule has 0 saturated heterocycles. The molecular formula is C10H10N2. The van der Waals surface area contributed by atoms with Crippen LogP contribution in [0.1, 0.15) is 17.3 Å². The van der Waals surface area contributed by atoms with Gasteiger partial charge in [-0.3, -0.25) is 4.98 Å². The zero-order valence-electron chi connectivity index (χ0n) is 6.70. The van der Waals surface area contributed by atoms with Gasteiger partial charge in [0.1, 0.15) is 0 Å². The Morgan fingerprint density at radius 2 is 2.50 bits per heavy atom. The van der Waals surface area contributed by atoms with E-state index in [1.165, 1.54) is 0 Å². The first-order chi connectivity index (χ1) is 5.79. The topological polar surface area (TPSA) is 38.9 Å². The van der Waals surface area contributed by atoms with Gasteiger partial charge in [-0.25, -0.2) is 0 Å². The molecule has 0 bridgehead atoms. The normalized spacial score (nSPS) is 11.7. The molecule has 0 fully saturated rings. The average Bonchev–Trinajstić information content (AvgIpc) is 2.16. The van der Waals surface area contributed by atoms with Gasteiger partial charge in [0, 0.05) is 11.8 Å². The fourth-order valence-corrected chi connectivity index (χ4v) is 0.917. The molecule has 2 nitrogen and oxygen atoms in total. The maximum absolute atomic E-state index is 5.69. The third-order valence-electron chi connectivity index (χ3n) is 1.56. The number of hydrogen-bond acceptors (Lipinski definition) is 2. The van der Waals surface area contributed by atoms with Crippen molar-refractivity contribution in [2.45, 2.75) is 6.04 Å². The van der Waals surface area contributed by atoms with Crippen LogP contribution in [0.3, 0.4) is 0 Å². The molecule has 0 aromatic carbocycles. The lowest BCUT2D eigenvalue weighted by Gasteiger charge is -2.06. The summed E-state index contributed by atoms with van der Waals surface area (Å²) in [5.41, 5.74) is 7.12. The smallest absolute Gasteiger partial charge is 0.0766 e. The third-order valence-corrected chi connectivity index (χ3v) is 1.56. The number of nitrogens with two attached hydrogens (primary N) is 1. The van der Waals surface area contributed by atoms with Crippen molar-refractivity contribution in [2.24, 2.45) is 5.73 Å². The number of aromatic nitrogens is 1. The summed E-state index contributed by atoms with van der Waals surface area (Å²) in [5.74, 6) is 2.52. The van der Waals surface area contributed by atoms with Crippen molar-refractivity contribution >= 4 is 0 Å². The lowest BCUT2D eigenvalue weighted by atomic mass is 10.1. The highest BCUT2D eigenvalue weighted by molar-refractivity contribution is 5.38. The van der Waals surface area contributed by atoms with E-state index in [2.05, 4.69) is 17.5 Å². The summed E-state index contributed by atoms with van der Waals surface area (Å²) in [6.45, 7) is 3.58. The summed E-state index contributed by atoms with van der Waals surface area (Å²) in [5, 5.41) is 0. The molecule has 0 aliphatic carbocycles. The number of terminal acetylenes is 1. The van der Waals surface area contributed by atoms with Gasteiger partial charge in [0.05, 0.1) is 11.7 Å². The van der Waals surface area contributed by atoms with Crippen LogP contribution in [-0.4, -0.2) is 4.98 Å². The highest BCUT2D eigenvalue weighted by Gasteiger charge is 2.06. The molecule has 1 aromatic rings. The second-order valence-corrected chi connectivity index (χ2v) is 2.34. The fraction of sp³-hybridized carbons (Fsp3) is 0.100. The molecule has 2 heteroatoms. The maximum atomic E-state index is 5.69. The first-order valence-electron chi connectivity index (χ1n) is 3.59. The van der Waals surface area contributed by atoms with Crippen molar-refractivity contribution in [2.75, 3.05) is 0 Å². The van der Waals surface area contributed by atoms with Crippen LogP contribution < -0.4 is 5.73 Å². The van der Waals surface area contributed by atoms with Crippen molar-refractivity contribution in [3.8, 4) is 12.3 Å². The minimum atomic E-state index is -0.280. The summed E-state index contributed by atoms with van der Waals surface area (Å²) >= 11 is 0. The van der Waals surface area contributed by atoms with Crippen molar-refractivity contribution in [3.63, 3.8) is 0 Å². The number of pyridine rings is 1. The van der Waals surface area contributed by atoms with Crippen LogP contribution in [0, 0.1) is 12.3 Å². The monoisotopic (exact) mass is 158 g/mol. The second kappa shape index (κ2) is 3.70. The van der Waals surface area contributed by atoms with Gasteiger partial charge in [-0.1, -0.05) is 12.0 Å². The van der Waals surface area contributed by atoms with Crippen LogP contribution in [0.5, 0.6) is 0 Å². The molecule has 0 unspecified atom stereocenters. The van der Waals surface area contributed by atoms with Crippen LogP contribution in [0.2, 0.25) is 0 Å². The van der Waals surface area contributed by atoms with E-state index >= 15 is 0 Å². The van der Waals surface area contributed by atoms with Crippen molar-refractivity contribution in [3.05, 3.63) is 42.2 Å². The number of rotatable bonds is 2. The van der Waals surface area contributed by atoms with Crippen LogP contribution in [0.25, 0.3) is 0 Å². The lowest BCUT2D eigenvalue weighted by molar-refractivity contribution is 0.860. The molecule has 1 rings (SSSR count). The Hall–Kier alpha value is -1.59. The highest BCUT2D eigenvalue weighted by Crippen LogP contribution is 2.11. The van der Waals surface area contributed by atoms with E-state index in [1.54, 1.807) is 18.3 Å². The fourth-order valence-electron chi connectivity index (χ4n) is 0.917. The zero-order valence-corrected chi connectivity index (χ0v) is 6.70. The van der Waals surface area contributed by atoms with Crippen molar-refractivity contribution in [1.82, 2.24) is 4.98 Å². The quantitative estimate of drug-likeness (QED) is 0.519. The summed E-state index contributed by atoms with van der Waals surface area (Å²) in [4.78, 5) is 4.08. The second-order valence-electron chi connectivity index (χ2n) is 2.34. The zero-order chi connectivity index (χ0) is 8.97. The van der Waals surface area contributed by atoms with Gasteiger partial charge >= 0.3 is 0 Å². The molecule has 0 amide bonds. The molecule has 1 aromatic heterocycles. The van der Waals surface area contributed by atoms with E-state index in [0.29, 0.717) is 5.69 Å². The molecule has 0 radical (unpaired) electrons. The Labute approximate surface area is 72.1 Å². The molecular weight excluding hydrogens is 148 g/mol. The largest absolute Gasteiger partial charge is 0.319 e. The molecule has 1 atom stereocenters. The average molecular weight is 158 g/mol. The molecule has 0 aliphatic rings. The number of hydrogen-bond donors (Lipinski definition) is 1. The molecule has 0 spiro atoms. The number of nitrogens with zero attached hydrogens (tertiary/aromatic N) is 1. The first-order valence-corrected chi connectivity index (χ1v) is 3.59. The van der Waals surface area contributed by atoms with Gasteiger partial charge in [0.15, 0.2) is 0 Å². The molecule has 0 saturated carbocycles. The Bertz CT molecular complexity index is 323. The summed E-state index contributed by atoms with van der Waals surface area (Å²) in [6, 6.07) is 3.32. The van der Waals surface area contributed by atoms with Crippen LogP contribution in [-0.2, 0) is 0 Å². The molecule has 12 heavy (non-hydrogen) atoms. The van der Waals surface area contributed by atoms with E-state index in [-0.39, 0.29) is 6.04 Å². The van der Waals surface area contributed by atoms with E-state index in [4.69, 9.17) is 12.2 Å². The van der Waals surface area contributed by atoms with Gasteiger partial charge in [-0.2, -0.15) is 0 Å². The summed E-state index contributed by atoms with van der Waals surface area (Å²) < 4.78 is 0. The Morgan fingerprint density at radius 1 is 1.75 bits per heavy atom. The van der Waals surface area contributed by atoms with E-state index in [0.717, 1.165) is 5.56 Å². The molecule has 1 heterocycles. The van der Waals surface area contributed by atoms with Gasteiger partial charge in [0.25, 0.3) is 0 Å². The van der Waals surface area contributed by atoms with E-state index < -0.39 is 0 Å². The Morgan fingerprint density at radius 3 is 3.08 bits per heavy atom. The molecule has 60 valence electrons. The predicted molar refractivity (Wildman–Crippen MR) is 49.3 cm³/mol. The van der Waals surface area contributed by atoms with Gasteiger partial charge in [-0.05, 0) is 12.1 Å². The minimum Gasteiger partial charge on any atom is -0.319 e. The van der Waals surface area contributed by atoms with Gasteiger partial charge in [0.2, 0.25) is 0 Å². The SMILES string of the molecule is C#Cc1cccnc1[C@@H](N)C=C. The van der Waals surface area contributed by atoms with Crippen molar-refractivity contribution < 1.29 is 0 Å². The Kier molecular flexibility index (Phi) is 2.62. The van der Waals surface area contributed by atoms with Gasteiger partial charge in [-0.15, -0.1) is 13.0 Å². The van der Waals surface area contributed by atoms with Crippen LogP contribution in [0.4, 0.5) is 0 Å². The lowest BCUT2D eigenvalue weighted by Crippen LogP contribution is -2.10. The minimum absolute atomic E-state index is 0.280. The van der Waals surface area contributed by atoms with Crippen molar-refractivity contribution in [1.29, 1.82) is 0 Å². The summed E-state index contributed by atoms with van der Waals surface area (Å²) in [6.07, 6.45) is 8.54. The van der Waals surface area contributed by atoms with E-state index in [9.17, 15) is 0 Å². The van der Waals surface area contributed by atoms with Gasteiger partial charge < -0.3 is 5.73 Å². The summed E-state index contributed by atoms with van der Waals surface area (Å²) in [7, 11) is 0. The Balaban J connectivity index is 3.15. The maximum Gasteiger partial charge on any atom is 0.0766 e. The molecule has 0 aliphatic heterocycles. The van der Waals surface area contributed by atoms with Crippen LogP contribution in [0.15, 0.2) is 31.0 Å². The van der Waals surface area contributed by atoms with Crippen LogP contribution >= 0.6 is 0 Å². The predicted octanol–water partition coefficient (Wildman–Crippen LogP) is 1.25. The molecule has 2 N–H and O–H groups in total. The first kappa shape index (κ1) is 8.51. The van der Waals surface area contributed by atoms with E-state index in [1.807, 2.05) is 6.07 Å².